The fourth-order valence-electron chi connectivity index (χ4n) is 1.39. The molecule has 5 heteroatoms. The highest BCUT2D eigenvalue weighted by Crippen LogP contribution is 2.08. The predicted octanol–water partition coefficient (Wildman–Crippen LogP) is 1.98. The van der Waals surface area contributed by atoms with Gasteiger partial charge in [-0.2, -0.15) is 0 Å². The maximum atomic E-state index is 11.6. The van der Waals surface area contributed by atoms with E-state index in [1.807, 2.05) is 44.2 Å². The van der Waals surface area contributed by atoms with Crippen LogP contribution in [0.25, 0.3) is 0 Å². The van der Waals surface area contributed by atoms with E-state index in [1.54, 1.807) is 0 Å². The van der Waals surface area contributed by atoms with Crippen molar-refractivity contribution in [1.82, 2.24) is 5.32 Å². The van der Waals surface area contributed by atoms with E-state index in [9.17, 15) is 4.79 Å². The largest absolute Gasteiger partial charge is 0.494 e. The molecule has 0 fully saturated rings. The lowest BCUT2D eigenvalue weighted by Crippen LogP contribution is -2.39. The van der Waals surface area contributed by atoms with Gasteiger partial charge in [0.25, 0.3) is 0 Å². The number of benzene rings is 1. The summed E-state index contributed by atoms with van der Waals surface area (Å²) in [6.07, 6.45) is 0.784. The van der Waals surface area contributed by atoms with Crippen LogP contribution in [0, 0.1) is 5.92 Å². The quantitative estimate of drug-likeness (QED) is 0.753. The highest BCUT2D eigenvalue weighted by atomic mass is 35.5. The molecule has 4 nitrogen and oxygen atoms in total. The molecule has 0 bridgehead atoms. The maximum absolute atomic E-state index is 11.6. The molecule has 0 aliphatic carbocycles. The highest BCUT2D eigenvalue weighted by Gasteiger charge is 2.15. The Hall–Kier alpha value is -1.26. The zero-order chi connectivity index (χ0) is 13.4. The summed E-state index contributed by atoms with van der Waals surface area (Å²) in [7, 11) is 0. The van der Waals surface area contributed by atoms with Crippen LogP contribution in [0.4, 0.5) is 0 Å². The van der Waals surface area contributed by atoms with Crippen LogP contribution in [0.3, 0.4) is 0 Å². The molecule has 0 radical (unpaired) electrons. The Balaban J connectivity index is 0.00000324. The number of hydrogen-bond donors (Lipinski definition) is 2. The van der Waals surface area contributed by atoms with Crippen molar-refractivity contribution < 1.29 is 9.53 Å². The van der Waals surface area contributed by atoms with Crippen LogP contribution in [0.15, 0.2) is 30.3 Å². The Morgan fingerprint density at radius 1 is 1.32 bits per heavy atom. The summed E-state index contributed by atoms with van der Waals surface area (Å²) < 4.78 is 5.52. The summed E-state index contributed by atoms with van der Waals surface area (Å²) in [6.45, 7) is 4.88. The fourth-order valence-corrected chi connectivity index (χ4v) is 1.39. The Kier molecular flexibility index (Phi) is 9.00. The zero-order valence-electron chi connectivity index (χ0n) is 11.5. The maximum Gasteiger partial charge on any atom is 0.224 e. The lowest BCUT2D eigenvalue weighted by Gasteiger charge is -2.15. The number of halogens is 1. The molecule has 3 N–H and O–H groups in total. The van der Waals surface area contributed by atoms with Gasteiger partial charge in [-0.3, -0.25) is 4.79 Å². The summed E-state index contributed by atoms with van der Waals surface area (Å²) in [6, 6.07) is 9.52. The molecule has 0 heterocycles. The summed E-state index contributed by atoms with van der Waals surface area (Å²) in [5.41, 5.74) is 5.66. The van der Waals surface area contributed by atoms with Crippen LogP contribution in [0.5, 0.6) is 5.75 Å². The van der Waals surface area contributed by atoms with Crippen molar-refractivity contribution in [1.29, 1.82) is 0 Å². The van der Waals surface area contributed by atoms with Gasteiger partial charge in [-0.05, 0) is 25.5 Å². The van der Waals surface area contributed by atoms with E-state index in [2.05, 4.69) is 5.32 Å². The monoisotopic (exact) mass is 286 g/mol. The van der Waals surface area contributed by atoms with Gasteiger partial charge in [0.2, 0.25) is 5.91 Å². The van der Waals surface area contributed by atoms with Crippen molar-refractivity contribution >= 4 is 18.3 Å². The molecular formula is C14H23ClN2O2. The van der Waals surface area contributed by atoms with Crippen LogP contribution in [0.1, 0.15) is 20.3 Å². The Morgan fingerprint density at radius 2 is 1.95 bits per heavy atom. The number of ether oxygens (including phenoxy) is 1. The van der Waals surface area contributed by atoms with E-state index in [-0.39, 0.29) is 30.3 Å². The number of rotatable bonds is 7. The van der Waals surface area contributed by atoms with E-state index in [0.717, 1.165) is 12.2 Å². The first kappa shape index (κ1) is 17.7. The van der Waals surface area contributed by atoms with Crippen LogP contribution in [-0.2, 0) is 4.79 Å². The van der Waals surface area contributed by atoms with Gasteiger partial charge in [-0.25, -0.2) is 0 Å². The van der Waals surface area contributed by atoms with Crippen LogP contribution in [0.2, 0.25) is 0 Å². The molecular weight excluding hydrogens is 264 g/mol. The SMILES string of the molecule is CC(N)C(C)C(=O)NCCCOc1ccccc1.Cl. The van der Waals surface area contributed by atoms with Gasteiger partial charge in [0.05, 0.1) is 6.61 Å². The standard InChI is InChI=1S/C14H22N2O2.ClH/c1-11(12(2)15)14(17)16-9-6-10-18-13-7-4-3-5-8-13;/h3-5,7-8,11-12H,6,9-10,15H2,1-2H3,(H,16,17);1H. The van der Waals surface area contributed by atoms with E-state index >= 15 is 0 Å². The van der Waals surface area contributed by atoms with E-state index in [0.29, 0.717) is 13.2 Å². The first-order chi connectivity index (χ1) is 8.61. The van der Waals surface area contributed by atoms with Gasteiger partial charge in [-0.1, -0.05) is 25.1 Å². The molecule has 0 aliphatic rings. The molecule has 0 aliphatic heterocycles. The molecule has 1 rings (SSSR count). The minimum Gasteiger partial charge on any atom is -0.494 e. The van der Waals surface area contributed by atoms with Crippen LogP contribution < -0.4 is 15.8 Å². The Labute approximate surface area is 121 Å². The normalized spacial score (nSPS) is 13.0. The van der Waals surface area contributed by atoms with Crippen molar-refractivity contribution in [2.45, 2.75) is 26.3 Å². The van der Waals surface area contributed by atoms with Crippen molar-refractivity contribution in [2.24, 2.45) is 11.7 Å². The molecule has 0 saturated heterocycles. The number of nitrogens with one attached hydrogen (secondary N) is 1. The number of amides is 1. The molecule has 0 spiro atoms. The summed E-state index contributed by atoms with van der Waals surface area (Å²) in [5, 5.41) is 2.85. The van der Waals surface area contributed by atoms with E-state index < -0.39 is 0 Å². The summed E-state index contributed by atoms with van der Waals surface area (Å²) >= 11 is 0. The van der Waals surface area contributed by atoms with Gasteiger partial charge < -0.3 is 15.8 Å². The third-order valence-corrected chi connectivity index (χ3v) is 2.83. The lowest BCUT2D eigenvalue weighted by molar-refractivity contribution is -0.124. The predicted molar refractivity (Wildman–Crippen MR) is 79.6 cm³/mol. The number of nitrogens with two attached hydrogens (primary N) is 1. The topological polar surface area (TPSA) is 64.4 Å². The third kappa shape index (κ3) is 7.03. The molecule has 1 aromatic rings. The second kappa shape index (κ2) is 9.64. The third-order valence-electron chi connectivity index (χ3n) is 2.83. The molecule has 2 unspecified atom stereocenters. The second-order valence-electron chi connectivity index (χ2n) is 4.45. The minimum absolute atomic E-state index is 0. The van der Waals surface area contributed by atoms with Crippen LogP contribution in [-0.4, -0.2) is 25.1 Å². The molecule has 108 valence electrons. The van der Waals surface area contributed by atoms with Gasteiger partial charge in [0.1, 0.15) is 5.75 Å². The molecule has 1 aromatic carbocycles. The van der Waals surface area contributed by atoms with Gasteiger partial charge in [-0.15, -0.1) is 12.4 Å². The van der Waals surface area contributed by atoms with Gasteiger partial charge in [0.15, 0.2) is 0 Å². The molecule has 0 aromatic heterocycles. The number of para-hydroxylation sites is 1. The van der Waals surface area contributed by atoms with Crippen molar-refractivity contribution in [3.8, 4) is 5.75 Å². The van der Waals surface area contributed by atoms with E-state index in [1.165, 1.54) is 0 Å². The second-order valence-corrected chi connectivity index (χ2v) is 4.45. The highest BCUT2D eigenvalue weighted by molar-refractivity contribution is 5.85. The Morgan fingerprint density at radius 3 is 2.53 bits per heavy atom. The fraction of sp³-hybridized carbons (Fsp3) is 0.500. The average Bonchev–Trinajstić information content (AvgIpc) is 2.38. The summed E-state index contributed by atoms with van der Waals surface area (Å²) in [5.74, 6) is 0.706. The molecule has 1 amide bonds. The van der Waals surface area contributed by atoms with Crippen molar-refractivity contribution in [3.63, 3.8) is 0 Å². The van der Waals surface area contributed by atoms with Gasteiger partial charge >= 0.3 is 0 Å². The first-order valence-electron chi connectivity index (χ1n) is 6.32. The lowest BCUT2D eigenvalue weighted by atomic mass is 10.0. The molecule has 0 saturated carbocycles. The minimum atomic E-state index is -0.153. The first-order valence-corrected chi connectivity index (χ1v) is 6.32. The average molecular weight is 287 g/mol. The smallest absolute Gasteiger partial charge is 0.224 e. The Bertz CT molecular complexity index is 358. The summed E-state index contributed by atoms with van der Waals surface area (Å²) in [4.78, 5) is 11.6. The molecule has 2 atom stereocenters. The number of carbonyl (C=O) groups is 1. The van der Waals surface area contributed by atoms with E-state index in [4.69, 9.17) is 10.5 Å². The molecule has 19 heavy (non-hydrogen) atoms. The zero-order valence-corrected chi connectivity index (χ0v) is 12.3. The van der Waals surface area contributed by atoms with Crippen molar-refractivity contribution in [3.05, 3.63) is 30.3 Å². The van der Waals surface area contributed by atoms with Crippen molar-refractivity contribution in [2.75, 3.05) is 13.2 Å². The van der Waals surface area contributed by atoms with Crippen LogP contribution >= 0.6 is 12.4 Å². The number of carbonyl (C=O) groups excluding carboxylic acids is 1. The number of hydrogen-bond acceptors (Lipinski definition) is 3. The van der Waals surface area contributed by atoms with Gasteiger partial charge in [0, 0.05) is 18.5 Å².